The van der Waals surface area contributed by atoms with E-state index in [4.69, 9.17) is 4.74 Å². The lowest BCUT2D eigenvalue weighted by Gasteiger charge is -2.24. The Morgan fingerprint density at radius 2 is 1.53 bits per heavy atom. The summed E-state index contributed by atoms with van der Waals surface area (Å²) in [6.07, 6.45) is 10.9. The molecule has 2 saturated carbocycles. The lowest BCUT2D eigenvalue weighted by molar-refractivity contribution is -0.131. The van der Waals surface area contributed by atoms with Gasteiger partial charge < -0.3 is 15.4 Å². The number of carbonyl (C=O) groups is 2. The van der Waals surface area contributed by atoms with Gasteiger partial charge in [-0.2, -0.15) is 0 Å². The van der Waals surface area contributed by atoms with Crippen molar-refractivity contribution >= 4 is 21.7 Å². The fourth-order valence-corrected chi connectivity index (χ4v) is 7.03. The summed E-state index contributed by atoms with van der Waals surface area (Å²) >= 11 is 0. The average Bonchev–Trinajstić information content (AvgIpc) is 3.12. The Kier molecular flexibility index (Phi) is 10.2. The van der Waals surface area contributed by atoms with Gasteiger partial charge in [-0.1, -0.05) is 57.1 Å². The maximum Gasteiger partial charge on any atom is 0.243 e. The molecule has 2 fully saturated rings. The van der Waals surface area contributed by atoms with Gasteiger partial charge in [0.15, 0.2) is 9.84 Å². The van der Waals surface area contributed by atoms with Crippen LogP contribution in [0.1, 0.15) is 76.2 Å². The number of carbonyl (C=O) groups excluding carboxylic acids is 2. The summed E-state index contributed by atoms with van der Waals surface area (Å²) in [6, 6.07) is 6.22. The molecule has 1 unspecified atom stereocenters. The standard InChI is InChI=1S/C26H40N2O5S/c1-33-23-15-13-20(14-16-23)17-27-26(30)24(28-25(29)22-11-7-2-3-8-12-22)19-34(31,32)18-21-9-5-4-6-10-21/h13-16,21-22,24H,2-12,17-19H2,1H3,(H,27,30)(H,28,29). The predicted molar refractivity (Wildman–Crippen MR) is 133 cm³/mol. The molecule has 0 aromatic heterocycles. The summed E-state index contributed by atoms with van der Waals surface area (Å²) < 4.78 is 31.2. The van der Waals surface area contributed by atoms with E-state index in [1.165, 1.54) is 0 Å². The fourth-order valence-electron chi connectivity index (χ4n) is 5.10. The highest BCUT2D eigenvalue weighted by Gasteiger charge is 2.31. The number of sulfone groups is 1. The van der Waals surface area contributed by atoms with Gasteiger partial charge in [-0.05, 0) is 49.3 Å². The Morgan fingerprint density at radius 3 is 2.15 bits per heavy atom. The van der Waals surface area contributed by atoms with Crippen molar-refractivity contribution < 1.29 is 22.7 Å². The van der Waals surface area contributed by atoms with E-state index in [0.29, 0.717) is 0 Å². The molecule has 0 bridgehead atoms. The maximum absolute atomic E-state index is 13.1. The number of amides is 2. The molecule has 190 valence electrons. The zero-order chi connectivity index (χ0) is 24.4. The van der Waals surface area contributed by atoms with Gasteiger partial charge in [0.2, 0.25) is 11.8 Å². The third-order valence-electron chi connectivity index (χ3n) is 7.12. The smallest absolute Gasteiger partial charge is 0.243 e. The van der Waals surface area contributed by atoms with Gasteiger partial charge in [0, 0.05) is 12.5 Å². The molecule has 2 aliphatic rings. The van der Waals surface area contributed by atoms with Crippen LogP contribution in [0.3, 0.4) is 0 Å². The van der Waals surface area contributed by atoms with Gasteiger partial charge >= 0.3 is 0 Å². The fraction of sp³-hybridized carbons (Fsp3) is 0.692. The number of ether oxygens (including phenoxy) is 1. The molecule has 7 nitrogen and oxygen atoms in total. The highest BCUT2D eigenvalue weighted by molar-refractivity contribution is 7.91. The summed E-state index contributed by atoms with van der Waals surface area (Å²) in [5.41, 5.74) is 0.869. The topological polar surface area (TPSA) is 102 Å². The first-order valence-electron chi connectivity index (χ1n) is 12.8. The molecule has 0 aliphatic heterocycles. The number of nitrogens with one attached hydrogen (secondary N) is 2. The Morgan fingerprint density at radius 1 is 0.941 bits per heavy atom. The third-order valence-corrected chi connectivity index (χ3v) is 8.94. The van der Waals surface area contributed by atoms with Crippen LogP contribution in [0, 0.1) is 11.8 Å². The number of hydrogen-bond acceptors (Lipinski definition) is 5. The molecule has 0 radical (unpaired) electrons. The first kappa shape index (κ1) is 26.5. The summed E-state index contributed by atoms with van der Waals surface area (Å²) in [7, 11) is -1.90. The Labute approximate surface area is 204 Å². The zero-order valence-corrected chi connectivity index (χ0v) is 21.2. The van der Waals surface area contributed by atoms with E-state index < -0.39 is 21.8 Å². The predicted octanol–water partition coefficient (Wildman–Crippen LogP) is 3.76. The van der Waals surface area contributed by atoms with Gasteiger partial charge in [-0.3, -0.25) is 9.59 Å². The van der Waals surface area contributed by atoms with Gasteiger partial charge in [0.1, 0.15) is 11.8 Å². The van der Waals surface area contributed by atoms with Crippen molar-refractivity contribution in [3.8, 4) is 5.75 Å². The van der Waals surface area contributed by atoms with Gasteiger partial charge in [-0.25, -0.2) is 8.42 Å². The monoisotopic (exact) mass is 492 g/mol. The van der Waals surface area contributed by atoms with Crippen molar-refractivity contribution in [1.29, 1.82) is 0 Å². The lowest BCUT2D eigenvalue weighted by atomic mass is 9.91. The summed E-state index contributed by atoms with van der Waals surface area (Å²) in [4.78, 5) is 26.1. The van der Waals surface area contributed by atoms with Crippen LogP contribution >= 0.6 is 0 Å². The molecular weight excluding hydrogens is 452 g/mol. The van der Waals surface area contributed by atoms with Crippen molar-refractivity contribution in [2.45, 2.75) is 83.2 Å². The molecule has 2 aliphatic carbocycles. The van der Waals surface area contributed by atoms with Crippen LogP contribution < -0.4 is 15.4 Å². The van der Waals surface area contributed by atoms with Crippen molar-refractivity contribution in [2.75, 3.05) is 18.6 Å². The second-order valence-electron chi connectivity index (χ2n) is 9.90. The number of benzene rings is 1. The normalized spacial score (nSPS) is 19.1. The Hall–Kier alpha value is -2.09. The largest absolute Gasteiger partial charge is 0.497 e. The number of rotatable bonds is 10. The molecule has 8 heteroatoms. The lowest BCUT2D eigenvalue weighted by Crippen LogP contribution is -2.52. The van der Waals surface area contributed by atoms with Gasteiger partial charge in [0.25, 0.3) is 0 Å². The molecule has 1 aromatic rings. The molecule has 0 heterocycles. The van der Waals surface area contributed by atoms with Crippen molar-refractivity contribution in [1.82, 2.24) is 10.6 Å². The third kappa shape index (κ3) is 8.60. The molecular formula is C26H40N2O5S. The molecule has 0 saturated heterocycles. The molecule has 3 rings (SSSR count). The van der Waals surface area contributed by atoms with Crippen LogP contribution in [0.4, 0.5) is 0 Å². The molecule has 0 spiro atoms. The van der Waals surface area contributed by atoms with Crippen LogP contribution in [0.2, 0.25) is 0 Å². The first-order chi connectivity index (χ1) is 16.4. The van der Waals surface area contributed by atoms with Crippen molar-refractivity contribution in [3.05, 3.63) is 29.8 Å². The van der Waals surface area contributed by atoms with Gasteiger partial charge in [0.05, 0.1) is 18.6 Å². The maximum atomic E-state index is 13.1. The Bertz CT molecular complexity index is 886. The summed E-state index contributed by atoms with van der Waals surface area (Å²) in [6.45, 7) is 0.251. The SMILES string of the molecule is COc1ccc(CNC(=O)C(CS(=O)(=O)CC2CCCCC2)NC(=O)C2CCCCCC2)cc1. The van der Waals surface area contributed by atoms with E-state index in [1.807, 2.05) is 12.1 Å². The first-order valence-corrected chi connectivity index (χ1v) is 14.6. The molecule has 34 heavy (non-hydrogen) atoms. The minimum absolute atomic E-state index is 0.0918. The number of methoxy groups -OCH3 is 1. The van der Waals surface area contributed by atoms with Crippen LogP contribution in [-0.4, -0.2) is 44.9 Å². The number of hydrogen-bond donors (Lipinski definition) is 2. The van der Waals surface area contributed by atoms with E-state index in [1.54, 1.807) is 19.2 Å². The second kappa shape index (κ2) is 13.1. The van der Waals surface area contributed by atoms with Crippen molar-refractivity contribution in [2.24, 2.45) is 11.8 Å². The van der Waals surface area contributed by atoms with Crippen LogP contribution in [0.25, 0.3) is 0 Å². The molecule has 2 N–H and O–H groups in total. The van der Waals surface area contributed by atoms with E-state index in [9.17, 15) is 18.0 Å². The highest BCUT2D eigenvalue weighted by Crippen LogP contribution is 2.26. The molecule has 1 atom stereocenters. The van der Waals surface area contributed by atoms with Crippen LogP contribution in [-0.2, 0) is 26.0 Å². The van der Waals surface area contributed by atoms with E-state index >= 15 is 0 Å². The van der Waals surface area contributed by atoms with E-state index in [2.05, 4.69) is 10.6 Å². The van der Waals surface area contributed by atoms with E-state index in [-0.39, 0.29) is 35.8 Å². The summed E-state index contributed by atoms with van der Waals surface area (Å²) in [5.74, 6) is -0.188. The zero-order valence-electron chi connectivity index (χ0n) is 20.4. The summed E-state index contributed by atoms with van der Waals surface area (Å²) in [5, 5.41) is 5.64. The Balaban J connectivity index is 1.65. The molecule has 1 aromatic carbocycles. The van der Waals surface area contributed by atoms with E-state index in [0.717, 1.165) is 81.9 Å². The average molecular weight is 493 g/mol. The minimum Gasteiger partial charge on any atom is -0.497 e. The van der Waals surface area contributed by atoms with Crippen molar-refractivity contribution in [3.63, 3.8) is 0 Å². The molecule has 2 amide bonds. The van der Waals surface area contributed by atoms with Gasteiger partial charge in [-0.15, -0.1) is 0 Å². The highest BCUT2D eigenvalue weighted by atomic mass is 32.2. The van der Waals surface area contributed by atoms with Crippen LogP contribution in [0.15, 0.2) is 24.3 Å². The second-order valence-corrected chi connectivity index (χ2v) is 12.1. The van der Waals surface area contributed by atoms with Crippen LogP contribution in [0.5, 0.6) is 5.75 Å². The minimum atomic E-state index is -3.49. The quantitative estimate of drug-likeness (QED) is 0.484.